The third-order valence-corrected chi connectivity index (χ3v) is 4.83. The smallest absolute Gasteiger partial charge is 0.191 e. The first-order valence-electron chi connectivity index (χ1n) is 10.1. The van der Waals surface area contributed by atoms with E-state index in [1.54, 1.807) is 0 Å². The largest absolute Gasteiger partial charge is 0.380 e. The second-order valence-electron chi connectivity index (χ2n) is 7.05. The summed E-state index contributed by atoms with van der Waals surface area (Å²) in [6.07, 6.45) is 2.46. The Kier molecular flexibility index (Phi) is 9.50. The lowest BCUT2D eigenvalue weighted by Gasteiger charge is -2.31. The van der Waals surface area contributed by atoms with Crippen LogP contribution in [0, 0.1) is 12.8 Å². The molecule has 0 aromatic heterocycles. The molecule has 2 rings (SSSR count). The van der Waals surface area contributed by atoms with Crippen molar-refractivity contribution >= 4 is 5.96 Å². The molecular weight excluding hydrogens is 324 g/mol. The number of likely N-dealkylation sites (tertiary alicyclic amines) is 1. The first kappa shape index (κ1) is 20.7. The molecule has 146 valence electrons. The number of aliphatic imine (C=N–C) groups is 1. The minimum atomic E-state index is 0.687. The van der Waals surface area contributed by atoms with Crippen molar-refractivity contribution < 1.29 is 4.74 Å². The summed E-state index contributed by atoms with van der Waals surface area (Å²) in [5.41, 5.74) is 2.75. The van der Waals surface area contributed by atoms with Crippen molar-refractivity contribution in [3.63, 3.8) is 0 Å². The van der Waals surface area contributed by atoms with Crippen molar-refractivity contribution in [2.45, 2.75) is 40.2 Å². The number of piperidine rings is 1. The van der Waals surface area contributed by atoms with Crippen LogP contribution in [-0.4, -0.2) is 56.8 Å². The van der Waals surface area contributed by atoms with Gasteiger partial charge in [-0.1, -0.05) is 29.8 Å². The Bertz CT molecular complexity index is 521. The van der Waals surface area contributed by atoms with Crippen LogP contribution in [0.15, 0.2) is 29.3 Å². The average Bonchev–Trinajstić information content (AvgIpc) is 2.66. The molecule has 1 aliphatic heterocycles. The molecule has 0 saturated carbocycles. The summed E-state index contributed by atoms with van der Waals surface area (Å²) in [4.78, 5) is 7.34. The highest BCUT2D eigenvalue weighted by molar-refractivity contribution is 5.79. The molecule has 1 saturated heterocycles. The highest BCUT2D eigenvalue weighted by Crippen LogP contribution is 2.19. The lowest BCUT2D eigenvalue weighted by atomic mass is 9.96. The van der Waals surface area contributed by atoms with Gasteiger partial charge in [0.1, 0.15) is 0 Å². The zero-order valence-corrected chi connectivity index (χ0v) is 16.8. The monoisotopic (exact) mass is 360 g/mol. The molecule has 1 aliphatic rings. The van der Waals surface area contributed by atoms with Gasteiger partial charge in [-0.2, -0.15) is 0 Å². The predicted molar refractivity (Wildman–Crippen MR) is 110 cm³/mol. The Hall–Kier alpha value is -1.59. The van der Waals surface area contributed by atoms with Gasteiger partial charge < -0.3 is 15.4 Å². The van der Waals surface area contributed by atoms with E-state index in [-0.39, 0.29) is 0 Å². The van der Waals surface area contributed by atoms with Gasteiger partial charge in [0.25, 0.3) is 0 Å². The minimum absolute atomic E-state index is 0.687. The molecule has 2 N–H and O–H groups in total. The van der Waals surface area contributed by atoms with Crippen molar-refractivity contribution in [3.8, 4) is 0 Å². The van der Waals surface area contributed by atoms with E-state index in [1.807, 2.05) is 6.92 Å². The van der Waals surface area contributed by atoms with E-state index in [4.69, 9.17) is 9.73 Å². The van der Waals surface area contributed by atoms with Crippen molar-refractivity contribution in [3.05, 3.63) is 35.4 Å². The Labute approximate surface area is 159 Å². The summed E-state index contributed by atoms with van der Waals surface area (Å²) in [5.74, 6) is 1.60. The normalized spacial score (nSPS) is 16.7. The molecule has 1 heterocycles. The van der Waals surface area contributed by atoms with Gasteiger partial charge in [0.2, 0.25) is 0 Å². The fourth-order valence-corrected chi connectivity index (χ4v) is 3.23. The molecule has 1 aromatic rings. The Balaban J connectivity index is 1.71. The van der Waals surface area contributed by atoms with E-state index in [1.165, 1.54) is 37.1 Å². The predicted octanol–water partition coefficient (Wildman–Crippen LogP) is 2.80. The third kappa shape index (κ3) is 7.75. The summed E-state index contributed by atoms with van der Waals surface area (Å²) in [6, 6.07) is 8.92. The summed E-state index contributed by atoms with van der Waals surface area (Å²) in [5, 5.41) is 6.66. The van der Waals surface area contributed by atoms with Gasteiger partial charge in [-0.05, 0) is 58.2 Å². The van der Waals surface area contributed by atoms with Crippen LogP contribution in [0.1, 0.15) is 37.8 Å². The Morgan fingerprint density at radius 3 is 2.54 bits per heavy atom. The van der Waals surface area contributed by atoms with Crippen molar-refractivity contribution in [1.29, 1.82) is 0 Å². The van der Waals surface area contributed by atoms with Crippen molar-refractivity contribution in [2.75, 3.05) is 45.9 Å². The molecule has 5 nitrogen and oxygen atoms in total. The summed E-state index contributed by atoms with van der Waals surface area (Å²) in [6.45, 7) is 13.7. The Morgan fingerprint density at radius 1 is 1.15 bits per heavy atom. The molecule has 26 heavy (non-hydrogen) atoms. The number of nitrogens with one attached hydrogen (secondary N) is 2. The SMILES string of the molecule is CCNC(=NCC1CCN(Cc2ccc(C)cc2)CC1)NCCOCC. The molecule has 0 bridgehead atoms. The molecule has 0 atom stereocenters. The topological polar surface area (TPSA) is 48.9 Å². The number of ether oxygens (including phenoxy) is 1. The Morgan fingerprint density at radius 2 is 1.88 bits per heavy atom. The zero-order valence-electron chi connectivity index (χ0n) is 16.8. The van der Waals surface area contributed by atoms with Gasteiger partial charge in [-0.15, -0.1) is 0 Å². The number of aryl methyl sites for hydroxylation is 1. The number of hydrogen-bond donors (Lipinski definition) is 2. The van der Waals surface area contributed by atoms with Crippen LogP contribution in [-0.2, 0) is 11.3 Å². The fraction of sp³-hybridized carbons (Fsp3) is 0.667. The summed E-state index contributed by atoms with van der Waals surface area (Å²) < 4.78 is 5.37. The molecule has 0 amide bonds. The molecule has 1 fully saturated rings. The van der Waals surface area contributed by atoms with Crippen molar-refractivity contribution in [1.82, 2.24) is 15.5 Å². The number of hydrogen-bond acceptors (Lipinski definition) is 3. The lowest BCUT2D eigenvalue weighted by molar-refractivity contribution is 0.152. The molecular formula is C21H36N4O. The zero-order chi connectivity index (χ0) is 18.6. The van der Waals surface area contributed by atoms with Gasteiger partial charge in [0.05, 0.1) is 6.61 Å². The van der Waals surface area contributed by atoms with Crippen LogP contribution in [0.3, 0.4) is 0 Å². The van der Waals surface area contributed by atoms with E-state index in [9.17, 15) is 0 Å². The van der Waals surface area contributed by atoms with Gasteiger partial charge >= 0.3 is 0 Å². The molecule has 0 radical (unpaired) electrons. The van der Waals surface area contributed by atoms with E-state index in [2.05, 4.69) is 53.6 Å². The van der Waals surface area contributed by atoms with E-state index in [0.717, 1.165) is 45.4 Å². The number of benzene rings is 1. The molecule has 1 aromatic carbocycles. The van der Waals surface area contributed by atoms with Gasteiger partial charge in [0, 0.05) is 32.8 Å². The highest BCUT2D eigenvalue weighted by Gasteiger charge is 2.19. The first-order valence-corrected chi connectivity index (χ1v) is 10.1. The molecule has 5 heteroatoms. The summed E-state index contributed by atoms with van der Waals surface area (Å²) in [7, 11) is 0. The minimum Gasteiger partial charge on any atom is -0.380 e. The van der Waals surface area contributed by atoms with E-state index < -0.39 is 0 Å². The molecule has 0 unspecified atom stereocenters. The van der Waals surface area contributed by atoms with Gasteiger partial charge in [-0.3, -0.25) is 9.89 Å². The highest BCUT2D eigenvalue weighted by atomic mass is 16.5. The van der Waals surface area contributed by atoms with E-state index in [0.29, 0.717) is 5.92 Å². The van der Waals surface area contributed by atoms with Crippen LogP contribution in [0.2, 0.25) is 0 Å². The number of guanidine groups is 1. The third-order valence-electron chi connectivity index (χ3n) is 4.83. The van der Waals surface area contributed by atoms with Crippen LogP contribution >= 0.6 is 0 Å². The van der Waals surface area contributed by atoms with Crippen LogP contribution in [0.25, 0.3) is 0 Å². The molecule has 0 spiro atoms. The number of nitrogens with zero attached hydrogens (tertiary/aromatic N) is 2. The maximum atomic E-state index is 5.37. The second kappa shape index (κ2) is 11.9. The van der Waals surface area contributed by atoms with Crippen LogP contribution < -0.4 is 10.6 Å². The van der Waals surface area contributed by atoms with E-state index >= 15 is 0 Å². The quantitative estimate of drug-likeness (QED) is 0.404. The van der Waals surface area contributed by atoms with Gasteiger partial charge in [-0.25, -0.2) is 0 Å². The maximum Gasteiger partial charge on any atom is 0.191 e. The van der Waals surface area contributed by atoms with Gasteiger partial charge in [0.15, 0.2) is 5.96 Å². The lowest BCUT2D eigenvalue weighted by Crippen LogP contribution is -2.40. The maximum absolute atomic E-state index is 5.37. The van der Waals surface area contributed by atoms with Crippen molar-refractivity contribution in [2.24, 2.45) is 10.9 Å². The average molecular weight is 361 g/mol. The van der Waals surface area contributed by atoms with Crippen LogP contribution in [0.5, 0.6) is 0 Å². The standard InChI is InChI=1S/C21H36N4O/c1-4-22-21(23-12-15-26-5-2)24-16-19-10-13-25(14-11-19)17-20-8-6-18(3)7-9-20/h6-9,19H,4-5,10-17H2,1-3H3,(H2,22,23,24). The fourth-order valence-electron chi connectivity index (χ4n) is 3.23. The molecule has 0 aliphatic carbocycles. The number of rotatable bonds is 9. The first-order chi connectivity index (χ1) is 12.7. The summed E-state index contributed by atoms with van der Waals surface area (Å²) >= 11 is 0. The van der Waals surface area contributed by atoms with Crippen LogP contribution in [0.4, 0.5) is 0 Å². The second-order valence-corrected chi connectivity index (χ2v) is 7.05.